The molecule has 0 unspecified atom stereocenters. The van der Waals surface area contributed by atoms with Gasteiger partial charge in [0.2, 0.25) is 5.91 Å². The van der Waals surface area contributed by atoms with Crippen molar-refractivity contribution in [2.45, 2.75) is 25.8 Å². The van der Waals surface area contributed by atoms with Crippen LogP contribution in [-0.4, -0.2) is 24.1 Å². The number of nitrogens with zero attached hydrogens (tertiary/aromatic N) is 1. The Morgan fingerprint density at radius 1 is 1.20 bits per heavy atom. The number of thiophene rings is 1. The highest BCUT2D eigenvalue weighted by atomic mass is 32.1. The molecule has 2 aromatic rings. The highest BCUT2D eigenvalue weighted by Crippen LogP contribution is 2.34. The Bertz CT molecular complexity index is 726. The molecule has 5 nitrogen and oxygen atoms in total. The molecular formula is C19H21NO4S. The summed E-state index contributed by atoms with van der Waals surface area (Å²) in [6.07, 6.45) is 1.62. The van der Waals surface area contributed by atoms with Crippen LogP contribution in [0.15, 0.2) is 41.8 Å². The third kappa shape index (κ3) is 4.02. The molecule has 3 rings (SSSR count). The van der Waals surface area contributed by atoms with Gasteiger partial charge >= 0.3 is 5.97 Å². The van der Waals surface area contributed by atoms with Crippen molar-refractivity contribution < 1.29 is 19.4 Å². The fourth-order valence-electron chi connectivity index (χ4n) is 3.27. The van der Waals surface area contributed by atoms with Gasteiger partial charge in [-0.05, 0) is 55.0 Å². The first-order valence-corrected chi connectivity index (χ1v) is 9.17. The molecule has 0 aliphatic heterocycles. The monoisotopic (exact) mass is 359 g/mol. The Morgan fingerprint density at radius 3 is 2.48 bits per heavy atom. The summed E-state index contributed by atoms with van der Waals surface area (Å²) in [6.45, 7) is 0.497. The Kier molecular flexibility index (Phi) is 5.38. The van der Waals surface area contributed by atoms with Crippen molar-refractivity contribution in [2.24, 2.45) is 11.8 Å². The Balaban J connectivity index is 1.82. The van der Waals surface area contributed by atoms with Crippen LogP contribution < -0.4 is 9.64 Å². The Hall–Kier alpha value is -2.34. The zero-order chi connectivity index (χ0) is 17.8. The van der Waals surface area contributed by atoms with Gasteiger partial charge in [0.05, 0.1) is 19.6 Å². The molecule has 1 aromatic heterocycles. The van der Waals surface area contributed by atoms with Crippen molar-refractivity contribution in [3.8, 4) is 5.75 Å². The highest BCUT2D eigenvalue weighted by molar-refractivity contribution is 7.09. The van der Waals surface area contributed by atoms with Gasteiger partial charge in [-0.2, -0.15) is 0 Å². The molecular weight excluding hydrogens is 338 g/mol. The molecule has 0 spiro atoms. The standard InChI is InChI=1S/C19H21NO4S/c1-24-16-8-6-15(7-9-16)20(12-17-3-2-10-25-17)18(21)13-4-5-14(11-13)19(22)23/h2-3,6-10,13-14H,4-5,11-12H2,1H3,(H,22,23)/t13-,14+/m1/s1. The minimum absolute atomic E-state index is 0.00215. The van der Waals surface area contributed by atoms with Crippen molar-refractivity contribution >= 4 is 28.9 Å². The SMILES string of the molecule is COc1ccc(N(Cc2cccs2)C(=O)[C@@H]2CC[C@H](C(=O)O)C2)cc1. The van der Waals surface area contributed by atoms with E-state index in [1.807, 2.05) is 41.8 Å². The third-order valence-corrected chi connectivity index (χ3v) is 5.54. The molecule has 1 fully saturated rings. The van der Waals surface area contributed by atoms with Crippen LogP contribution in [0.25, 0.3) is 0 Å². The van der Waals surface area contributed by atoms with Crippen LogP contribution in [-0.2, 0) is 16.1 Å². The summed E-state index contributed by atoms with van der Waals surface area (Å²) in [5.74, 6) is -0.706. The maximum Gasteiger partial charge on any atom is 0.306 e. The summed E-state index contributed by atoms with van der Waals surface area (Å²) in [4.78, 5) is 27.2. The minimum atomic E-state index is -0.801. The first kappa shape index (κ1) is 17.5. The predicted octanol–water partition coefficient (Wildman–Crippen LogP) is 3.79. The first-order chi connectivity index (χ1) is 12.1. The largest absolute Gasteiger partial charge is 0.497 e. The fourth-order valence-corrected chi connectivity index (χ4v) is 3.96. The number of anilines is 1. The second-order valence-corrected chi connectivity index (χ2v) is 7.28. The van der Waals surface area contributed by atoms with Gasteiger partial charge in [-0.15, -0.1) is 11.3 Å². The van der Waals surface area contributed by atoms with Gasteiger partial charge in [-0.3, -0.25) is 9.59 Å². The summed E-state index contributed by atoms with van der Waals surface area (Å²) in [7, 11) is 1.61. The Labute approximate surface area is 150 Å². The molecule has 0 bridgehead atoms. The molecule has 0 radical (unpaired) electrons. The summed E-state index contributed by atoms with van der Waals surface area (Å²) < 4.78 is 5.19. The number of ether oxygens (including phenoxy) is 1. The van der Waals surface area contributed by atoms with Crippen LogP contribution >= 0.6 is 11.3 Å². The highest BCUT2D eigenvalue weighted by Gasteiger charge is 2.36. The van der Waals surface area contributed by atoms with E-state index >= 15 is 0 Å². The molecule has 1 aliphatic carbocycles. The molecule has 6 heteroatoms. The van der Waals surface area contributed by atoms with Gasteiger partial charge in [0.1, 0.15) is 5.75 Å². The summed E-state index contributed by atoms with van der Waals surface area (Å²) in [5, 5.41) is 11.2. The van der Waals surface area contributed by atoms with Crippen molar-refractivity contribution in [2.75, 3.05) is 12.0 Å². The van der Waals surface area contributed by atoms with Gasteiger partial charge in [-0.25, -0.2) is 0 Å². The van der Waals surface area contributed by atoms with E-state index < -0.39 is 11.9 Å². The smallest absolute Gasteiger partial charge is 0.306 e. The maximum absolute atomic E-state index is 13.1. The van der Waals surface area contributed by atoms with Gasteiger partial charge in [-0.1, -0.05) is 6.07 Å². The van der Waals surface area contributed by atoms with E-state index in [0.717, 1.165) is 16.3 Å². The molecule has 132 valence electrons. The van der Waals surface area contributed by atoms with Gasteiger partial charge in [0.25, 0.3) is 0 Å². The number of carboxylic acid groups (broad SMARTS) is 1. The number of rotatable bonds is 6. The third-order valence-electron chi connectivity index (χ3n) is 4.68. The Morgan fingerprint density at radius 2 is 1.92 bits per heavy atom. The molecule has 25 heavy (non-hydrogen) atoms. The predicted molar refractivity (Wildman–Crippen MR) is 97.0 cm³/mol. The van der Waals surface area contributed by atoms with Crippen molar-refractivity contribution in [3.05, 3.63) is 46.7 Å². The number of aliphatic carboxylic acids is 1. The first-order valence-electron chi connectivity index (χ1n) is 8.29. The molecule has 0 saturated heterocycles. The molecule has 1 heterocycles. The topological polar surface area (TPSA) is 66.8 Å². The molecule has 1 aliphatic rings. The number of hydrogen-bond acceptors (Lipinski definition) is 4. The lowest BCUT2D eigenvalue weighted by Crippen LogP contribution is -2.35. The van der Waals surface area contributed by atoms with Crippen LogP contribution in [0.5, 0.6) is 5.75 Å². The number of carbonyl (C=O) groups excluding carboxylic acids is 1. The van der Waals surface area contributed by atoms with Crippen LogP contribution in [0.4, 0.5) is 5.69 Å². The summed E-state index contributed by atoms with van der Waals surface area (Å²) >= 11 is 1.61. The van der Waals surface area contributed by atoms with Crippen LogP contribution in [0.2, 0.25) is 0 Å². The van der Waals surface area contributed by atoms with Crippen molar-refractivity contribution in [1.29, 1.82) is 0 Å². The molecule has 1 saturated carbocycles. The average molecular weight is 359 g/mol. The van der Waals surface area contributed by atoms with Crippen LogP contribution in [0, 0.1) is 11.8 Å². The van der Waals surface area contributed by atoms with E-state index in [0.29, 0.717) is 25.8 Å². The van der Waals surface area contributed by atoms with Crippen LogP contribution in [0.3, 0.4) is 0 Å². The zero-order valence-corrected chi connectivity index (χ0v) is 14.9. The lowest BCUT2D eigenvalue weighted by molar-refractivity contribution is -0.141. The fraction of sp³-hybridized carbons (Fsp3) is 0.368. The van der Waals surface area contributed by atoms with Crippen LogP contribution in [0.1, 0.15) is 24.1 Å². The number of amides is 1. The van der Waals surface area contributed by atoms with Crippen molar-refractivity contribution in [3.63, 3.8) is 0 Å². The van der Waals surface area contributed by atoms with Gasteiger partial charge in [0.15, 0.2) is 0 Å². The molecule has 1 amide bonds. The average Bonchev–Trinajstić information content (AvgIpc) is 3.31. The van der Waals surface area contributed by atoms with E-state index in [-0.39, 0.29) is 11.8 Å². The maximum atomic E-state index is 13.1. The summed E-state index contributed by atoms with van der Waals surface area (Å²) in [6, 6.07) is 11.4. The quantitative estimate of drug-likeness (QED) is 0.852. The molecule has 1 aromatic carbocycles. The van der Waals surface area contributed by atoms with Crippen molar-refractivity contribution in [1.82, 2.24) is 0 Å². The number of hydrogen-bond donors (Lipinski definition) is 1. The normalized spacial score (nSPS) is 19.6. The number of carboxylic acids is 1. The van der Waals surface area contributed by atoms with E-state index in [4.69, 9.17) is 4.74 Å². The lowest BCUT2D eigenvalue weighted by Gasteiger charge is -2.25. The molecule has 2 atom stereocenters. The lowest BCUT2D eigenvalue weighted by atomic mass is 10.0. The van der Waals surface area contributed by atoms with E-state index in [9.17, 15) is 14.7 Å². The second kappa shape index (κ2) is 7.70. The van der Waals surface area contributed by atoms with Gasteiger partial charge < -0.3 is 14.7 Å². The molecule has 1 N–H and O–H groups in total. The van der Waals surface area contributed by atoms with E-state index in [1.54, 1.807) is 23.3 Å². The van der Waals surface area contributed by atoms with E-state index in [2.05, 4.69) is 0 Å². The van der Waals surface area contributed by atoms with Gasteiger partial charge in [0, 0.05) is 16.5 Å². The number of methoxy groups -OCH3 is 1. The second-order valence-electron chi connectivity index (χ2n) is 6.25. The number of carbonyl (C=O) groups is 2. The number of benzene rings is 1. The zero-order valence-electron chi connectivity index (χ0n) is 14.1. The minimum Gasteiger partial charge on any atom is -0.497 e. The summed E-state index contributed by atoms with van der Waals surface area (Å²) in [5.41, 5.74) is 0.804. The van der Waals surface area contributed by atoms with E-state index in [1.165, 1.54) is 0 Å².